The molecule has 1 aromatic carbocycles. The molecule has 0 saturated carbocycles. The fraction of sp³-hybridized carbons (Fsp3) is 0.681. The van der Waals surface area contributed by atoms with Gasteiger partial charge < -0.3 is 0 Å². The molecule has 2 atom stereocenters. The van der Waals surface area contributed by atoms with Crippen LogP contribution in [0.1, 0.15) is 279 Å². The number of hydrogen-bond acceptors (Lipinski definition) is 6. The molecule has 5 aromatic heterocycles. The molecule has 3 nitrogen and oxygen atoms in total. The minimum absolute atomic E-state index is 0.276. The van der Waals surface area contributed by atoms with Crippen LogP contribution in [-0.4, -0.2) is 15.0 Å². The molecular weight excluding hydrogens is 1040 g/mol. The second-order valence-corrected chi connectivity index (χ2v) is 28.4. The maximum absolute atomic E-state index is 17.8. The van der Waals surface area contributed by atoms with Crippen LogP contribution in [0.3, 0.4) is 0 Å². The van der Waals surface area contributed by atoms with E-state index in [9.17, 15) is 0 Å². The van der Waals surface area contributed by atoms with Gasteiger partial charge in [-0.1, -0.05) is 240 Å². The van der Waals surface area contributed by atoms with Gasteiger partial charge in [0.2, 0.25) is 0 Å². The Labute approximate surface area is 490 Å². The average Bonchev–Trinajstić information content (AvgIpc) is 4.27. The minimum atomic E-state index is -0.793. The van der Waals surface area contributed by atoms with Gasteiger partial charge in [0.15, 0.2) is 11.6 Å². The summed E-state index contributed by atoms with van der Waals surface area (Å²) >= 11 is 7.01. The Morgan fingerprint density at radius 3 is 1.19 bits per heavy atom. The van der Waals surface area contributed by atoms with Crippen molar-refractivity contribution in [1.29, 1.82) is 0 Å². The van der Waals surface area contributed by atoms with E-state index in [2.05, 4.69) is 86.6 Å². The van der Waals surface area contributed by atoms with Crippen molar-refractivity contribution in [2.75, 3.05) is 0 Å². The minimum Gasteiger partial charge on any atom is -0.203 e. The lowest BCUT2D eigenvalue weighted by molar-refractivity contribution is 0.400. The molecule has 0 N–H and O–H groups in total. The summed E-state index contributed by atoms with van der Waals surface area (Å²) in [5, 5.41) is 10.1. The molecule has 0 saturated heterocycles. The van der Waals surface area contributed by atoms with Crippen LogP contribution in [0, 0.1) is 51.2 Å². The predicted octanol–water partition coefficient (Wildman–Crippen LogP) is 25.1. The SMILES string of the molecule is CCCCCCCCCCC(CCCCCCCC)Cc1cc(-c2c(F)c(F)c(-c3cc(CC(CCCCCCCC)CCCCCCCCCC)c(-c4cc(C)c(-c5sc(C)cc5C)s4)s3)c3nn(CCC)nc23)sc1C. The van der Waals surface area contributed by atoms with Gasteiger partial charge in [-0.3, -0.25) is 0 Å². The first-order valence-corrected chi connectivity index (χ1v) is 35.4. The number of nitrogens with zero attached hydrogens (tertiary/aromatic N) is 3. The molecule has 0 spiro atoms. The monoisotopic (exact) mass is 1140 g/mol. The highest BCUT2D eigenvalue weighted by atomic mass is 32.1. The molecule has 6 rings (SSSR count). The molecule has 5 heterocycles. The fourth-order valence-corrected chi connectivity index (χ4v) is 17.1. The second-order valence-electron chi connectivity index (χ2n) is 23.8. The molecule has 0 aliphatic rings. The van der Waals surface area contributed by atoms with E-state index < -0.39 is 11.6 Å². The van der Waals surface area contributed by atoms with Crippen molar-refractivity contribution < 1.29 is 8.78 Å². The van der Waals surface area contributed by atoms with Crippen LogP contribution in [0.5, 0.6) is 0 Å². The van der Waals surface area contributed by atoms with Gasteiger partial charge in [0.1, 0.15) is 11.0 Å². The van der Waals surface area contributed by atoms with Crippen molar-refractivity contribution >= 4 is 56.4 Å². The van der Waals surface area contributed by atoms with Crippen molar-refractivity contribution in [3.05, 3.63) is 67.9 Å². The summed E-state index contributed by atoms with van der Waals surface area (Å²) in [6.45, 7) is 20.7. The number of unbranched alkanes of at least 4 members (excludes halogenated alkanes) is 24. The summed E-state index contributed by atoms with van der Waals surface area (Å²) in [4.78, 5) is 10.9. The van der Waals surface area contributed by atoms with Gasteiger partial charge in [-0.05, 0) is 105 Å². The molecule has 9 heteroatoms. The molecule has 0 amide bonds. The van der Waals surface area contributed by atoms with Crippen molar-refractivity contribution in [2.24, 2.45) is 11.8 Å². The van der Waals surface area contributed by atoms with Crippen LogP contribution < -0.4 is 0 Å². The Hall–Kier alpha value is -2.72. The van der Waals surface area contributed by atoms with Crippen LogP contribution in [0.4, 0.5) is 8.78 Å². The number of aromatic nitrogens is 3. The van der Waals surface area contributed by atoms with E-state index in [0.717, 1.165) is 29.0 Å². The highest BCUT2D eigenvalue weighted by molar-refractivity contribution is 7.27. The zero-order valence-electron chi connectivity index (χ0n) is 50.7. The molecule has 2 unspecified atom stereocenters. The summed E-state index contributed by atoms with van der Waals surface area (Å²) in [6, 6.07) is 9.11. The van der Waals surface area contributed by atoms with E-state index in [1.807, 2.05) is 22.7 Å². The van der Waals surface area contributed by atoms with Gasteiger partial charge in [-0.25, -0.2) is 8.78 Å². The Kier molecular flexibility index (Phi) is 29.2. The van der Waals surface area contributed by atoms with Crippen molar-refractivity contribution in [2.45, 2.75) is 294 Å². The van der Waals surface area contributed by atoms with E-state index in [1.165, 1.54) is 257 Å². The quantitative estimate of drug-likeness (QED) is 0.0358. The number of thiophene rings is 4. The van der Waals surface area contributed by atoms with Gasteiger partial charge in [0.05, 0.1) is 17.7 Å². The topological polar surface area (TPSA) is 30.7 Å². The van der Waals surface area contributed by atoms with Gasteiger partial charge >= 0.3 is 0 Å². The van der Waals surface area contributed by atoms with E-state index in [4.69, 9.17) is 10.2 Å². The number of benzene rings is 1. The number of aryl methyl sites for hydroxylation is 5. The second kappa shape index (κ2) is 35.3. The van der Waals surface area contributed by atoms with Crippen LogP contribution in [0.2, 0.25) is 0 Å². The molecule has 6 aromatic rings. The zero-order chi connectivity index (χ0) is 55.7. The third kappa shape index (κ3) is 19.5. The van der Waals surface area contributed by atoms with Crippen LogP contribution >= 0.6 is 45.3 Å². The first kappa shape index (κ1) is 64.4. The number of halogens is 2. The van der Waals surface area contributed by atoms with Gasteiger partial charge in [0.25, 0.3) is 0 Å². The van der Waals surface area contributed by atoms with Gasteiger partial charge in [0, 0.05) is 39.0 Å². The lowest BCUT2D eigenvalue weighted by Crippen LogP contribution is -2.06. The average molecular weight is 1140 g/mol. The van der Waals surface area contributed by atoms with E-state index in [1.54, 1.807) is 27.5 Å². The maximum Gasteiger partial charge on any atom is 0.170 e. The molecule has 0 fully saturated rings. The van der Waals surface area contributed by atoms with Crippen molar-refractivity contribution in [3.63, 3.8) is 0 Å². The normalized spacial score (nSPS) is 12.8. The molecule has 0 bridgehead atoms. The number of fused-ring (bicyclic) bond motifs is 1. The largest absolute Gasteiger partial charge is 0.203 e. The van der Waals surface area contributed by atoms with E-state index >= 15 is 8.78 Å². The van der Waals surface area contributed by atoms with Crippen molar-refractivity contribution in [1.82, 2.24) is 15.0 Å². The molecule has 0 aliphatic heterocycles. The Bertz CT molecular complexity index is 2620. The lowest BCUT2D eigenvalue weighted by atomic mass is 9.88. The summed E-state index contributed by atoms with van der Waals surface area (Å²) in [5.41, 5.74) is 6.69. The van der Waals surface area contributed by atoms with E-state index in [-0.39, 0.29) is 11.1 Å². The number of rotatable bonds is 42. The number of hydrogen-bond donors (Lipinski definition) is 0. The Balaban J connectivity index is 1.36. The zero-order valence-corrected chi connectivity index (χ0v) is 53.9. The summed E-state index contributed by atoms with van der Waals surface area (Å²) in [7, 11) is 0. The third-order valence-electron chi connectivity index (χ3n) is 16.8. The van der Waals surface area contributed by atoms with Crippen molar-refractivity contribution in [3.8, 4) is 40.4 Å². The summed E-state index contributed by atoms with van der Waals surface area (Å²) < 4.78 is 35.4. The summed E-state index contributed by atoms with van der Waals surface area (Å²) in [5.74, 6) is -0.446. The molecular formula is C69H105F2N3S4. The van der Waals surface area contributed by atoms with Crippen LogP contribution in [0.25, 0.3) is 51.4 Å². The molecule has 0 aliphatic carbocycles. The molecule has 0 radical (unpaired) electrons. The smallest absolute Gasteiger partial charge is 0.170 e. The Morgan fingerprint density at radius 1 is 0.397 bits per heavy atom. The Morgan fingerprint density at radius 2 is 0.769 bits per heavy atom. The first-order chi connectivity index (χ1) is 38.0. The lowest BCUT2D eigenvalue weighted by Gasteiger charge is -2.17. The van der Waals surface area contributed by atoms with Gasteiger partial charge in [-0.2, -0.15) is 15.0 Å². The third-order valence-corrected chi connectivity index (χ3v) is 21.8. The first-order valence-electron chi connectivity index (χ1n) is 32.2. The van der Waals surface area contributed by atoms with Crippen LogP contribution in [-0.2, 0) is 19.4 Å². The van der Waals surface area contributed by atoms with Gasteiger partial charge in [-0.15, -0.1) is 45.3 Å². The fourth-order valence-electron chi connectivity index (χ4n) is 12.2. The predicted molar refractivity (Wildman–Crippen MR) is 345 cm³/mol. The maximum atomic E-state index is 17.8. The van der Waals surface area contributed by atoms with Crippen LogP contribution in [0.15, 0.2) is 24.3 Å². The summed E-state index contributed by atoms with van der Waals surface area (Å²) in [6.07, 6.45) is 44.5. The standard InChI is InChI=1S/C69H105F2N3S4/c1-10-15-19-23-27-29-33-37-40-54(39-35-31-25-21-17-12-3)46-56-48-58(76-53(56)9)61-63(70)64(71)62(66-65(61)72-74(73-66)43-14-5)59-49-57(69(77-59)60-45-51(7)68(78-60)67-50(6)44-52(8)75-67)47-55(41-36-32-26-22-18-13-4)42-38-34-30-28-24-20-16-11-2/h44-45,48-49,54-55H,10-43,46-47H2,1-9H3. The van der Waals surface area contributed by atoms with E-state index in [0.29, 0.717) is 29.4 Å². The highest BCUT2D eigenvalue weighted by Gasteiger charge is 2.30. The highest BCUT2D eigenvalue weighted by Crippen LogP contribution is 2.50. The molecule has 78 heavy (non-hydrogen) atoms. The molecule has 434 valence electrons.